The molecule has 1 aliphatic carbocycles. The summed E-state index contributed by atoms with van der Waals surface area (Å²) in [6, 6.07) is 57.4. The zero-order chi connectivity index (χ0) is 33.5. The summed E-state index contributed by atoms with van der Waals surface area (Å²) in [7, 11) is 0. The number of aromatic nitrogens is 3. The van der Waals surface area contributed by atoms with Crippen LogP contribution < -0.4 is 0 Å². The maximum Gasteiger partial charge on any atom is 0.164 e. The Labute approximate surface area is 293 Å². The molecule has 1 aliphatic rings. The number of benzene rings is 8. The molecule has 0 saturated carbocycles. The fourth-order valence-corrected chi connectivity index (χ4v) is 7.84. The summed E-state index contributed by atoms with van der Waals surface area (Å²) in [5, 5.41) is 7.03. The highest BCUT2D eigenvalue weighted by atomic mass is 16.3. The van der Waals surface area contributed by atoms with E-state index < -0.39 is 0 Å². The van der Waals surface area contributed by atoms with Crippen LogP contribution in [0.3, 0.4) is 0 Å². The van der Waals surface area contributed by atoms with Crippen LogP contribution in [0.2, 0.25) is 0 Å². The number of fused-ring (bicyclic) bond motifs is 7. The fraction of sp³-hybridized carbons (Fsp3) is 0. The van der Waals surface area contributed by atoms with Crippen LogP contribution in [-0.4, -0.2) is 15.0 Å². The summed E-state index contributed by atoms with van der Waals surface area (Å²) in [5.74, 6) is 1.85. The molecule has 0 radical (unpaired) electrons. The van der Waals surface area contributed by atoms with E-state index in [4.69, 9.17) is 19.4 Å². The van der Waals surface area contributed by atoms with Gasteiger partial charge < -0.3 is 4.42 Å². The molecular weight excluding hydrogens is 623 g/mol. The van der Waals surface area contributed by atoms with Crippen LogP contribution in [0.5, 0.6) is 0 Å². The van der Waals surface area contributed by atoms with Gasteiger partial charge in [0.25, 0.3) is 0 Å². The summed E-state index contributed by atoms with van der Waals surface area (Å²) >= 11 is 0. The van der Waals surface area contributed by atoms with E-state index in [1.807, 2.05) is 42.5 Å². The van der Waals surface area contributed by atoms with Gasteiger partial charge in [0.1, 0.15) is 11.2 Å². The van der Waals surface area contributed by atoms with E-state index in [-0.39, 0.29) is 0 Å². The molecule has 0 N–H and O–H groups in total. The third-order valence-corrected chi connectivity index (χ3v) is 10.2. The zero-order valence-corrected chi connectivity index (χ0v) is 27.3. The van der Waals surface area contributed by atoms with Crippen molar-refractivity contribution >= 4 is 43.5 Å². The first kappa shape index (κ1) is 28.0. The highest BCUT2D eigenvalue weighted by molar-refractivity contribution is 6.20. The van der Waals surface area contributed by atoms with Crippen LogP contribution >= 0.6 is 0 Å². The molecule has 0 bridgehead atoms. The molecule has 11 rings (SSSR count). The van der Waals surface area contributed by atoms with Crippen LogP contribution in [0.1, 0.15) is 0 Å². The minimum atomic E-state index is 0.606. The quantitative estimate of drug-likeness (QED) is 0.190. The lowest BCUT2D eigenvalue weighted by Crippen LogP contribution is -2.00. The number of nitrogens with zero attached hydrogens (tertiary/aromatic N) is 3. The van der Waals surface area contributed by atoms with Gasteiger partial charge in [-0.25, -0.2) is 15.0 Å². The Morgan fingerprint density at radius 3 is 1.76 bits per heavy atom. The van der Waals surface area contributed by atoms with Gasteiger partial charge in [-0.05, 0) is 85.3 Å². The van der Waals surface area contributed by atoms with Gasteiger partial charge in [-0.3, -0.25) is 0 Å². The summed E-state index contributed by atoms with van der Waals surface area (Å²) in [6.07, 6.45) is 0. The largest absolute Gasteiger partial charge is 0.456 e. The topological polar surface area (TPSA) is 51.8 Å². The molecule has 0 spiro atoms. The third-order valence-electron chi connectivity index (χ3n) is 10.2. The molecule has 0 atom stereocenters. The zero-order valence-electron chi connectivity index (χ0n) is 27.3. The smallest absolute Gasteiger partial charge is 0.164 e. The van der Waals surface area contributed by atoms with Crippen molar-refractivity contribution in [3.63, 3.8) is 0 Å². The second-order valence-electron chi connectivity index (χ2n) is 13.2. The Morgan fingerprint density at radius 2 is 0.922 bits per heavy atom. The number of hydrogen-bond acceptors (Lipinski definition) is 4. The van der Waals surface area contributed by atoms with Crippen LogP contribution in [-0.2, 0) is 0 Å². The lowest BCUT2D eigenvalue weighted by atomic mass is 9.99. The van der Waals surface area contributed by atoms with E-state index in [0.717, 1.165) is 49.8 Å². The summed E-state index contributed by atoms with van der Waals surface area (Å²) in [6.45, 7) is 0. The Morgan fingerprint density at radius 1 is 0.314 bits per heavy atom. The molecule has 51 heavy (non-hydrogen) atoms. The van der Waals surface area contributed by atoms with Crippen molar-refractivity contribution < 1.29 is 4.42 Å². The Balaban J connectivity index is 1.11. The lowest BCUT2D eigenvalue weighted by molar-refractivity contribution is 0.669. The summed E-state index contributed by atoms with van der Waals surface area (Å²) < 4.78 is 6.59. The lowest BCUT2D eigenvalue weighted by Gasteiger charge is -2.11. The van der Waals surface area contributed by atoms with Crippen molar-refractivity contribution in [2.75, 3.05) is 0 Å². The number of hydrogen-bond donors (Lipinski definition) is 0. The molecule has 4 heteroatoms. The standard InChI is InChI=1S/C47H27N3O/c1-2-11-30(12-3-1)45-48-46(34-17-6-16-32(25-34)33-23-22-28-10-4-5-13-31(28)24-33)50-47(49-45)37-20-9-21-41-44(37)40-26-38-35-18-7-14-29-15-8-19-36(43(29)35)39(38)27-42(40)51-41/h1-27H. The predicted octanol–water partition coefficient (Wildman–Crippen LogP) is 12.4. The Bertz CT molecular complexity index is 3030. The summed E-state index contributed by atoms with van der Waals surface area (Å²) in [4.78, 5) is 15.4. The van der Waals surface area contributed by atoms with Crippen molar-refractivity contribution in [3.05, 3.63) is 164 Å². The highest BCUT2D eigenvalue weighted by Gasteiger charge is 2.25. The predicted molar refractivity (Wildman–Crippen MR) is 208 cm³/mol. The number of furan rings is 1. The Hall–Kier alpha value is -6.91. The minimum Gasteiger partial charge on any atom is -0.456 e. The monoisotopic (exact) mass is 649 g/mol. The molecule has 0 amide bonds. The van der Waals surface area contributed by atoms with Crippen molar-refractivity contribution in [2.45, 2.75) is 0 Å². The van der Waals surface area contributed by atoms with Gasteiger partial charge in [-0.1, -0.05) is 133 Å². The van der Waals surface area contributed by atoms with Crippen LogP contribution in [0, 0.1) is 0 Å². The SMILES string of the molecule is c1ccc(-c2nc(-c3cccc(-c4ccc5ccccc5c4)c3)nc(-c3cccc4oc5cc6c(cc5c34)-c3cccc4cccc-6c34)n2)cc1. The van der Waals surface area contributed by atoms with Gasteiger partial charge >= 0.3 is 0 Å². The molecule has 4 nitrogen and oxygen atoms in total. The molecule has 0 unspecified atom stereocenters. The fourth-order valence-electron chi connectivity index (χ4n) is 7.84. The van der Waals surface area contributed by atoms with E-state index in [1.54, 1.807) is 0 Å². The van der Waals surface area contributed by atoms with E-state index in [9.17, 15) is 0 Å². The van der Waals surface area contributed by atoms with Crippen LogP contribution in [0.15, 0.2) is 168 Å². The summed E-state index contributed by atoms with van der Waals surface area (Å²) in [5.41, 5.74) is 11.6. The minimum absolute atomic E-state index is 0.606. The van der Waals surface area contributed by atoms with Gasteiger partial charge in [0.2, 0.25) is 0 Å². The van der Waals surface area contributed by atoms with E-state index in [0.29, 0.717) is 17.5 Å². The second kappa shape index (κ2) is 10.8. The van der Waals surface area contributed by atoms with Crippen LogP contribution in [0.4, 0.5) is 0 Å². The second-order valence-corrected chi connectivity index (χ2v) is 13.2. The van der Waals surface area contributed by atoms with E-state index in [2.05, 4.69) is 121 Å². The van der Waals surface area contributed by atoms with E-state index >= 15 is 0 Å². The average Bonchev–Trinajstić information content (AvgIpc) is 3.73. The third kappa shape index (κ3) is 4.37. The molecule has 0 fully saturated rings. The van der Waals surface area contributed by atoms with Crippen LogP contribution in [0.25, 0.3) is 111 Å². The molecule has 10 aromatic rings. The van der Waals surface area contributed by atoms with Gasteiger partial charge in [-0.15, -0.1) is 0 Å². The molecule has 8 aromatic carbocycles. The van der Waals surface area contributed by atoms with Gasteiger partial charge in [-0.2, -0.15) is 0 Å². The number of rotatable bonds is 4. The first-order valence-electron chi connectivity index (χ1n) is 17.2. The highest BCUT2D eigenvalue weighted by Crippen LogP contribution is 2.50. The van der Waals surface area contributed by atoms with Crippen molar-refractivity contribution in [2.24, 2.45) is 0 Å². The van der Waals surface area contributed by atoms with Crippen molar-refractivity contribution in [3.8, 4) is 67.5 Å². The van der Waals surface area contributed by atoms with Crippen molar-refractivity contribution in [1.82, 2.24) is 15.0 Å². The molecule has 0 saturated heterocycles. The average molecular weight is 650 g/mol. The Kier molecular flexibility index (Phi) is 5.92. The molecule has 0 aliphatic heterocycles. The first-order chi connectivity index (χ1) is 25.2. The maximum absolute atomic E-state index is 6.59. The van der Waals surface area contributed by atoms with E-state index in [1.165, 1.54) is 43.8 Å². The molecule has 236 valence electrons. The normalized spacial score (nSPS) is 11.9. The molecule has 2 aromatic heterocycles. The van der Waals surface area contributed by atoms with Crippen molar-refractivity contribution in [1.29, 1.82) is 0 Å². The van der Waals surface area contributed by atoms with Gasteiger partial charge in [0.15, 0.2) is 17.5 Å². The molecular formula is C47H27N3O. The molecule has 2 heterocycles. The first-order valence-corrected chi connectivity index (χ1v) is 17.2. The maximum atomic E-state index is 6.59. The van der Waals surface area contributed by atoms with Gasteiger partial charge in [0.05, 0.1) is 0 Å². The van der Waals surface area contributed by atoms with Gasteiger partial charge in [0, 0.05) is 27.5 Å².